The van der Waals surface area contributed by atoms with Crippen molar-refractivity contribution in [1.82, 2.24) is 26.1 Å². The molecule has 4 amide bonds. The first-order valence-corrected chi connectivity index (χ1v) is 16.4. The number of aliphatic carboxylic acids is 1. The lowest BCUT2D eigenvalue weighted by Crippen LogP contribution is -2.61. The summed E-state index contributed by atoms with van der Waals surface area (Å²) in [5.74, 6) is -2.91. The summed E-state index contributed by atoms with van der Waals surface area (Å²) in [5.41, 5.74) is 6.78. The maximum atomic E-state index is 13.3. The number of carboxylic acid groups (broad SMARTS) is 1. The summed E-state index contributed by atoms with van der Waals surface area (Å²) >= 11 is 0. The summed E-state index contributed by atoms with van der Waals surface area (Å²) in [6.45, 7) is 13.9. The number of nitrogens with zero attached hydrogens (tertiary/aromatic N) is 2. The molecule has 3 unspecified atom stereocenters. The number of halogens is 3. The lowest BCUT2D eigenvalue weighted by Gasteiger charge is -2.34. The highest BCUT2D eigenvalue weighted by atomic mass is 19.4. The second-order valence-electron chi connectivity index (χ2n) is 14.2. The Bertz CT molecular complexity index is 1600. The highest BCUT2D eigenvalue weighted by molar-refractivity contribution is 5.94. The fourth-order valence-corrected chi connectivity index (χ4v) is 4.85. The van der Waals surface area contributed by atoms with Crippen LogP contribution in [-0.2, 0) is 30.3 Å². The van der Waals surface area contributed by atoms with Crippen molar-refractivity contribution in [2.75, 3.05) is 6.54 Å². The topological polar surface area (TPSA) is 193 Å². The summed E-state index contributed by atoms with van der Waals surface area (Å²) in [7, 11) is 0. The number of ether oxygens (including phenoxy) is 1. The van der Waals surface area contributed by atoms with Gasteiger partial charge in [0.05, 0.1) is 23.0 Å². The van der Waals surface area contributed by atoms with Crippen LogP contribution in [0.5, 0.6) is 0 Å². The maximum absolute atomic E-state index is 13.3. The fraction of sp³-hybridized carbons (Fsp3) is 0.543. The molecule has 51 heavy (non-hydrogen) atoms. The molecule has 0 radical (unpaired) electrons. The number of carbonyl (C=O) groups is 5. The van der Waals surface area contributed by atoms with E-state index in [-0.39, 0.29) is 11.6 Å². The lowest BCUT2D eigenvalue weighted by molar-refractivity contribution is -0.148. The zero-order valence-corrected chi connectivity index (χ0v) is 30.2. The number of fused-ring (bicyclic) bond motifs is 1. The minimum Gasteiger partial charge on any atom is -0.480 e. The molecule has 3 atom stereocenters. The number of nitrogens with one attached hydrogen (secondary N) is 3. The van der Waals surface area contributed by atoms with Crippen molar-refractivity contribution in [2.45, 2.75) is 105 Å². The number of rotatable bonds is 10. The number of hydrogen-bond donors (Lipinski definition) is 5. The number of pyridine rings is 1. The van der Waals surface area contributed by atoms with Crippen LogP contribution in [0.4, 0.5) is 18.0 Å². The molecule has 0 spiro atoms. The van der Waals surface area contributed by atoms with E-state index >= 15 is 0 Å². The number of carboxylic acids is 1. The zero-order valence-electron chi connectivity index (χ0n) is 30.2. The molecule has 13 nitrogen and oxygen atoms in total. The van der Waals surface area contributed by atoms with Crippen molar-refractivity contribution in [1.29, 1.82) is 0 Å². The standard InChI is InChI=1S/C30H38F3N5O5.C5H11NO2/c1-17(2)24(25(39)34-18(3)26(40)38-14-6-7-22(37-38)27(41)42)36-28(43)29(4,5)13-12-19-8-9-20-10-11-21(16-30(31,32)33)35-23(20)15-19;1-5(2,3)8-4(6)7/h8-13,15,17-18,22,24,37H,6-7,14,16H2,1-5H3,(H,34,39)(H,36,43)(H,41,42);1-3H3,(H2,6,7)/b13-12+;. The van der Waals surface area contributed by atoms with Gasteiger partial charge in [-0.2, -0.15) is 13.2 Å². The molecule has 0 saturated carbocycles. The van der Waals surface area contributed by atoms with Gasteiger partial charge < -0.3 is 26.2 Å². The van der Waals surface area contributed by atoms with Gasteiger partial charge in [-0.05, 0) is 78.0 Å². The van der Waals surface area contributed by atoms with Crippen molar-refractivity contribution >= 4 is 46.8 Å². The summed E-state index contributed by atoms with van der Waals surface area (Å²) in [4.78, 5) is 64.7. The average molecular weight is 723 g/mol. The monoisotopic (exact) mass is 722 g/mol. The molecule has 2 heterocycles. The summed E-state index contributed by atoms with van der Waals surface area (Å²) < 4.78 is 43.0. The quantitative estimate of drug-likeness (QED) is 0.235. The molecular formula is C35H49F3N6O7. The van der Waals surface area contributed by atoms with Gasteiger partial charge in [-0.15, -0.1) is 0 Å². The molecule has 16 heteroatoms. The van der Waals surface area contributed by atoms with Gasteiger partial charge in [0.25, 0.3) is 5.91 Å². The average Bonchev–Trinajstić information content (AvgIpc) is 3.00. The van der Waals surface area contributed by atoms with Crippen molar-refractivity contribution in [2.24, 2.45) is 17.1 Å². The Morgan fingerprint density at radius 1 is 1.06 bits per heavy atom. The molecule has 1 saturated heterocycles. The van der Waals surface area contributed by atoms with Crippen LogP contribution in [0.15, 0.2) is 36.4 Å². The summed E-state index contributed by atoms with van der Waals surface area (Å²) in [5, 5.41) is 16.5. The van der Waals surface area contributed by atoms with E-state index in [2.05, 4.69) is 25.8 Å². The minimum atomic E-state index is -4.37. The molecule has 0 aliphatic carbocycles. The van der Waals surface area contributed by atoms with Crippen molar-refractivity contribution in [3.8, 4) is 0 Å². The van der Waals surface area contributed by atoms with Crippen LogP contribution in [0.2, 0.25) is 0 Å². The summed E-state index contributed by atoms with van der Waals surface area (Å²) in [6.07, 6.45) is -2.05. The van der Waals surface area contributed by atoms with Crippen LogP contribution < -0.4 is 21.8 Å². The number of aromatic nitrogens is 1. The van der Waals surface area contributed by atoms with E-state index < -0.39 is 71.5 Å². The van der Waals surface area contributed by atoms with Crippen LogP contribution in [0.3, 0.4) is 0 Å². The molecule has 282 valence electrons. The largest absolute Gasteiger partial charge is 0.480 e. The van der Waals surface area contributed by atoms with Crippen LogP contribution in [0, 0.1) is 11.3 Å². The normalized spacial score (nSPS) is 16.5. The van der Waals surface area contributed by atoms with Gasteiger partial charge in [0.15, 0.2) is 0 Å². The van der Waals surface area contributed by atoms with Crippen LogP contribution in [-0.4, -0.2) is 81.3 Å². The van der Waals surface area contributed by atoms with Crippen molar-refractivity contribution in [3.05, 3.63) is 47.7 Å². The Balaban J connectivity index is 0.00000100. The second-order valence-corrected chi connectivity index (χ2v) is 14.2. The molecule has 1 fully saturated rings. The van der Waals surface area contributed by atoms with Gasteiger partial charge in [-0.25, -0.2) is 10.2 Å². The Morgan fingerprint density at radius 2 is 1.69 bits per heavy atom. The molecule has 3 rings (SSSR count). The van der Waals surface area contributed by atoms with E-state index in [0.717, 1.165) is 0 Å². The van der Waals surface area contributed by atoms with E-state index in [4.69, 9.17) is 5.73 Å². The highest BCUT2D eigenvalue weighted by Gasteiger charge is 2.34. The molecule has 6 N–H and O–H groups in total. The number of amides is 4. The van der Waals surface area contributed by atoms with Gasteiger partial charge in [0, 0.05) is 11.9 Å². The van der Waals surface area contributed by atoms with Crippen LogP contribution >= 0.6 is 0 Å². The number of primary amides is 1. The molecule has 1 aromatic carbocycles. The van der Waals surface area contributed by atoms with Gasteiger partial charge in [-0.1, -0.05) is 44.2 Å². The van der Waals surface area contributed by atoms with Crippen molar-refractivity contribution in [3.63, 3.8) is 0 Å². The summed E-state index contributed by atoms with van der Waals surface area (Å²) in [6, 6.07) is 5.22. The first-order valence-electron chi connectivity index (χ1n) is 16.4. The van der Waals surface area contributed by atoms with Gasteiger partial charge in [-0.3, -0.25) is 29.2 Å². The molecule has 1 aliphatic heterocycles. The number of alkyl halides is 3. The molecule has 0 bridgehead atoms. The zero-order chi connectivity index (χ0) is 38.9. The first-order chi connectivity index (χ1) is 23.4. The maximum Gasteiger partial charge on any atom is 0.405 e. The third kappa shape index (κ3) is 14.2. The Kier molecular flexibility index (Phi) is 14.5. The minimum absolute atomic E-state index is 0.0912. The van der Waals surface area contributed by atoms with Gasteiger partial charge in [0.2, 0.25) is 11.8 Å². The van der Waals surface area contributed by atoms with E-state index in [1.165, 1.54) is 18.0 Å². The van der Waals surface area contributed by atoms with E-state index in [1.54, 1.807) is 84.9 Å². The molecule has 1 aliphatic rings. The molecular weight excluding hydrogens is 673 g/mol. The highest BCUT2D eigenvalue weighted by Crippen LogP contribution is 2.24. The third-order valence-electron chi connectivity index (χ3n) is 7.56. The Morgan fingerprint density at radius 3 is 2.22 bits per heavy atom. The van der Waals surface area contributed by atoms with Crippen molar-refractivity contribution < 1.29 is 47.0 Å². The van der Waals surface area contributed by atoms with Gasteiger partial charge >= 0.3 is 18.2 Å². The predicted molar refractivity (Wildman–Crippen MR) is 185 cm³/mol. The second kappa shape index (κ2) is 17.5. The molecule has 1 aromatic heterocycles. The number of carbonyl (C=O) groups excluding carboxylic acids is 4. The SMILES string of the molecule is CC(C)(C)OC(N)=O.CC(NC(=O)C(NC(=O)C(C)(C)/C=C/c1ccc2ccc(CC(F)(F)F)nc2c1)C(C)C)C(=O)N1CCCC(C(=O)O)N1. The van der Waals surface area contributed by atoms with Gasteiger partial charge in [0.1, 0.15) is 23.7 Å². The van der Waals surface area contributed by atoms with E-state index in [9.17, 15) is 42.3 Å². The lowest BCUT2D eigenvalue weighted by atomic mass is 9.89. The van der Waals surface area contributed by atoms with Crippen LogP contribution in [0.1, 0.15) is 79.5 Å². The predicted octanol–water partition coefficient (Wildman–Crippen LogP) is 4.48. The first kappa shape index (κ1) is 42.4. The number of benzene rings is 1. The fourth-order valence-electron chi connectivity index (χ4n) is 4.85. The number of nitrogens with two attached hydrogens (primary N) is 1. The Hall–Kier alpha value is -4.73. The smallest absolute Gasteiger partial charge is 0.405 e. The third-order valence-corrected chi connectivity index (χ3v) is 7.56. The number of hydrazine groups is 1. The Labute approximate surface area is 295 Å². The van der Waals surface area contributed by atoms with E-state index in [1.807, 2.05) is 0 Å². The van der Waals surface area contributed by atoms with E-state index in [0.29, 0.717) is 35.9 Å². The van der Waals surface area contributed by atoms with Crippen LogP contribution in [0.25, 0.3) is 17.0 Å². The molecule has 2 aromatic rings. The number of hydrogen-bond acceptors (Lipinski definition) is 8.